The number of hydrogen-bond donors (Lipinski definition) is 1. The molecular weight excluding hydrogens is 506 g/mol. The molecule has 0 atom stereocenters. The number of benzene rings is 3. The molecule has 3 rings (SSSR count). The van der Waals surface area contributed by atoms with Crippen LogP contribution in [-0.4, -0.2) is 47.6 Å². The van der Waals surface area contributed by atoms with Crippen LogP contribution in [0.2, 0.25) is 5.02 Å². The molecule has 0 spiro atoms. The number of nitrogens with zero attached hydrogens (tertiary/aromatic N) is 2. The van der Waals surface area contributed by atoms with E-state index in [1.54, 1.807) is 42.5 Å². The molecule has 1 N–H and O–H groups in total. The van der Waals surface area contributed by atoms with Crippen molar-refractivity contribution in [1.29, 1.82) is 0 Å². The molecule has 1 amide bonds. The second kappa shape index (κ2) is 12.3. The average molecular weight is 532 g/mol. The highest BCUT2D eigenvalue weighted by Crippen LogP contribution is 2.32. The van der Waals surface area contributed by atoms with Crippen molar-refractivity contribution in [3.8, 4) is 17.2 Å². The van der Waals surface area contributed by atoms with Crippen molar-refractivity contribution >= 4 is 39.4 Å². The summed E-state index contributed by atoms with van der Waals surface area (Å²) < 4.78 is 41.7. The highest BCUT2D eigenvalue weighted by Gasteiger charge is 2.22. The van der Waals surface area contributed by atoms with Gasteiger partial charge in [-0.15, -0.1) is 0 Å². The largest absolute Gasteiger partial charge is 0.493 e. The Morgan fingerprint density at radius 3 is 2.28 bits per heavy atom. The lowest BCUT2D eigenvalue weighted by molar-refractivity contribution is -0.119. The number of hydrogen-bond acceptors (Lipinski definition) is 7. The molecule has 0 aliphatic carbocycles. The Hall–Kier alpha value is -3.76. The van der Waals surface area contributed by atoms with Gasteiger partial charge in [-0.25, -0.2) is 13.8 Å². The zero-order chi connectivity index (χ0) is 26.1. The van der Waals surface area contributed by atoms with Gasteiger partial charge >= 0.3 is 0 Å². The Labute approximate surface area is 215 Å². The quantitative estimate of drug-likeness (QED) is 0.297. The standard InChI is InChI=1S/C25H26ClN3O6S/c1-33-23-13-10-21(14-24(23)34-2)29(36(3,31)32)16-25(30)28-27-15-18-6-11-22(12-7-18)35-17-19-4-8-20(26)9-5-19/h4-15H,16-17H2,1-3H3,(H,28,30)/b27-15-. The first-order valence-corrected chi connectivity index (χ1v) is 12.9. The normalized spacial score (nSPS) is 11.2. The summed E-state index contributed by atoms with van der Waals surface area (Å²) in [6, 6.07) is 19.1. The monoisotopic (exact) mass is 531 g/mol. The van der Waals surface area contributed by atoms with Gasteiger partial charge in [0.25, 0.3) is 5.91 Å². The van der Waals surface area contributed by atoms with Crippen LogP contribution in [0.25, 0.3) is 0 Å². The van der Waals surface area contributed by atoms with E-state index in [0.717, 1.165) is 16.1 Å². The van der Waals surface area contributed by atoms with Crippen molar-refractivity contribution in [2.75, 3.05) is 31.3 Å². The number of carbonyl (C=O) groups is 1. The van der Waals surface area contributed by atoms with Crippen LogP contribution in [0.5, 0.6) is 17.2 Å². The molecule has 9 nitrogen and oxygen atoms in total. The van der Waals surface area contributed by atoms with Crippen LogP contribution in [0.4, 0.5) is 5.69 Å². The predicted molar refractivity (Wildman–Crippen MR) is 140 cm³/mol. The molecule has 190 valence electrons. The smallest absolute Gasteiger partial charge is 0.260 e. The molecular formula is C25H26ClN3O6S. The molecule has 0 fully saturated rings. The number of nitrogens with one attached hydrogen (secondary N) is 1. The second-order valence-electron chi connectivity index (χ2n) is 7.59. The Kier molecular flexibility index (Phi) is 9.15. The third-order valence-corrected chi connectivity index (χ3v) is 6.34. The average Bonchev–Trinajstić information content (AvgIpc) is 2.86. The minimum Gasteiger partial charge on any atom is -0.493 e. The topological polar surface area (TPSA) is 107 Å². The summed E-state index contributed by atoms with van der Waals surface area (Å²) in [7, 11) is -0.855. The van der Waals surface area contributed by atoms with Gasteiger partial charge in [-0.3, -0.25) is 9.10 Å². The molecule has 0 bridgehead atoms. The molecule has 0 aliphatic heterocycles. The number of methoxy groups -OCH3 is 2. The third kappa shape index (κ3) is 7.62. The Bertz CT molecular complexity index is 1310. The first-order valence-electron chi connectivity index (χ1n) is 10.7. The number of anilines is 1. The zero-order valence-electron chi connectivity index (χ0n) is 20.0. The van der Waals surface area contributed by atoms with Crippen LogP contribution in [0, 0.1) is 0 Å². The minimum absolute atomic E-state index is 0.253. The summed E-state index contributed by atoms with van der Waals surface area (Å²) in [5.74, 6) is 0.826. The summed E-state index contributed by atoms with van der Waals surface area (Å²) in [6.07, 6.45) is 2.46. The van der Waals surface area contributed by atoms with E-state index in [1.165, 1.54) is 32.6 Å². The predicted octanol–water partition coefficient (Wildman–Crippen LogP) is 3.85. The number of rotatable bonds is 11. The summed E-state index contributed by atoms with van der Waals surface area (Å²) in [6.45, 7) is -0.0687. The van der Waals surface area contributed by atoms with E-state index in [4.69, 9.17) is 25.8 Å². The van der Waals surface area contributed by atoms with Crippen molar-refractivity contribution in [2.45, 2.75) is 6.61 Å². The number of halogens is 1. The van der Waals surface area contributed by atoms with E-state index >= 15 is 0 Å². The first-order chi connectivity index (χ1) is 17.2. The highest BCUT2D eigenvalue weighted by atomic mass is 35.5. The molecule has 0 aromatic heterocycles. The van der Waals surface area contributed by atoms with E-state index in [1.807, 2.05) is 12.1 Å². The molecule has 3 aromatic rings. The number of hydrazone groups is 1. The fourth-order valence-corrected chi connectivity index (χ4v) is 4.10. The summed E-state index contributed by atoms with van der Waals surface area (Å²) in [5.41, 5.74) is 4.31. The van der Waals surface area contributed by atoms with Gasteiger partial charge in [-0.1, -0.05) is 23.7 Å². The fourth-order valence-electron chi connectivity index (χ4n) is 3.12. The van der Waals surface area contributed by atoms with Crippen molar-refractivity contribution < 1.29 is 27.4 Å². The first kappa shape index (κ1) is 26.8. The Balaban J connectivity index is 1.58. The molecule has 11 heteroatoms. The van der Waals surface area contributed by atoms with Crippen LogP contribution in [0.3, 0.4) is 0 Å². The zero-order valence-corrected chi connectivity index (χ0v) is 21.5. The van der Waals surface area contributed by atoms with E-state index in [-0.39, 0.29) is 5.69 Å². The molecule has 0 radical (unpaired) electrons. The molecule has 0 aliphatic rings. The van der Waals surface area contributed by atoms with E-state index in [2.05, 4.69) is 10.5 Å². The van der Waals surface area contributed by atoms with Crippen LogP contribution in [0.15, 0.2) is 71.8 Å². The molecule has 3 aromatic carbocycles. The van der Waals surface area contributed by atoms with Crippen LogP contribution in [-0.2, 0) is 21.4 Å². The molecule has 36 heavy (non-hydrogen) atoms. The third-order valence-electron chi connectivity index (χ3n) is 4.94. The number of sulfonamides is 1. The SMILES string of the molecule is COc1ccc(N(CC(=O)N/N=C\c2ccc(OCc3ccc(Cl)cc3)cc2)S(C)(=O)=O)cc1OC. The number of carbonyl (C=O) groups excluding carboxylic acids is 1. The van der Waals surface area contributed by atoms with Crippen LogP contribution < -0.4 is 23.9 Å². The van der Waals surface area contributed by atoms with Gasteiger partial charge in [-0.2, -0.15) is 5.10 Å². The second-order valence-corrected chi connectivity index (χ2v) is 9.93. The van der Waals surface area contributed by atoms with Crippen molar-refractivity contribution in [1.82, 2.24) is 5.43 Å². The van der Waals surface area contributed by atoms with Gasteiger partial charge in [0.1, 0.15) is 18.9 Å². The number of ether oxygens (including phenoxy) is 3. The van der Waals surface area contributed by atoms with Gasteiger partial charge in [-0.05, 0) is 59.7 Å². The molecule has 0 heterocycles. The van der Waals surface area contributed by atoms with Crippen molar-refractivity contribution in [3.05, 3.63) is 82.9 Å². The summed E-state index contributed by atoms with van der Waals surface area (Å²) >= 11 is 5.88. The van der Waals surface area contributed by atoms with Gasteiger partial charge in [0.15, 0.2) is 11.5 Å². The maximum atomic E-state index is 12.4. The fraction of sp³-hybridized carbons (Fsp3) is 0.200. The van der Waals surface area contributed by atoms with Crippen LogP contribution in [0.1, 0.15) is 11.1 Å². The lowest BCUT2D eigenvalue weighted by Crippen LogP contribution is -2.39. The van der Waals surface area contributed by atoms with E-state index in [0.29, 0.717) is 34.4 Å². The van der Waals surface area contributed by atoms with Gasteiger partial charge < -0.3 is 14.2 Å². The Morgan fingerprint density at radius 1 is 1.00 bits per heavy atom. The minimum atomic E-state index is -3.76. The summed E-state index contributed by atoms with van der Waals surface area (Å²) in [5, 5.41) is 4.59. The van der Waals surface area contributed by atoms with Gasteiger partial charge in [0.2, 0.25) is 10.0 Å². The van der Waals surface area contributed by atoms with Gasteiger partial charge in [0.05, 0.1) is 32.4 Å². The van der Waals surface area contributed by atoms with E-state index < -0.39 is 22.5 Å². The van der Waals surface area contributed by atoms with E-state index in [9.17, 15) is 13.2 Å². The maximum absolute atomic E-state index is 12.4. The molecule has 0 saturated carbocycles. The van der Waals surface area contributed by atoms with Crippen LogP contribution >= 0.6 is 11.6 Å². The summed E-state index contributed by atoms with van der Waals surface area (Å²) in [4.78, 5) is 12.4. The van der Waals surface area contributed by atoms with Gasteiger partial charge in [0, 0.05) is 11.1 Å². The maximum Gasteiger partial charge on any atom is 0.260 e. The molecule has 0 saturated heterocycles. The Morgan fingerprint density at radius 2 is 1.67 bits per heavy atom. The number of amides is 1. The van der Waals surface area contributed by atoms with Crippen molar-refractivity contribution in [2.24, 2.45) is 5.10 Å². The van der Waals surface area contributed by atoms with Crippen molar-refractivity contribution in [3.63, 3.8) is 0 Å². The lowest BCUT2D eigenvalue weighted by Gasteiger charge is -2.22. The molecule has 0 unspecified atom stereocenters. The highest BCUT2D eigenvalue weighted by molar-refractivity contribution is 7.92. The lowest BCUT2D eigenvalue weighted by atomic mass is 10.2.